The molecule has 0 aromatic carbocycles. The monoisotopic (exact) mass is 237 g/mol. The van der Waals surface area contributed by atoms with E-state index < -0.39 is 29.5 Å². The topological polar surface area (TPSA) is 70.4 Å². The molecular formula is C8H6ClF2NO3. The first-order valence-electron chi connectivity index (χ1n) is 3.77. The highest BCUT2D eigenvalue weighted by atomic mass is 35.5. The van der Waals surface area contributed by atoms with E-state index in [0.29, 0.717) is 0 Å². The third-order valence-electron chi connectivity index (χ3n) is 1.66. The molecule has 0 aliphatic carbocycles. The minimum atomic E-state index is -3.03. The van der Waals surface area contributed by atoms with Crippen LogP contribution in [0.4, 0.5) is 8.78 Å². The van der Waals surface area contributed by atoms with Gasteiger partial charge in [0.05, 0.1) is 0 Å². The maximum atomic E-state index is 12.3. The highest BCUT2D eigenvalue weighted by molar-refractivity contribution is 6.17. The van der Waals surface area contributed by atoms with E-state index in [1.807, 2.05) is 0 Å². The van der Waals surface area contributed by atoms with Crippen molar-refractivity contribution in [1.82, 2.24) is 4.98 Å². The summed E-state index contributed by atoms with van der Waals surface area (Å²) in [7, 11) is 0. The molecule has 0 amide bonds. The van der Waals surface area contributed by atoms with E-state index in [1.165, 1.54) is 0 Å². The Morgan fingerprint density at radius 3 is 2.60 bits per heavy atom. The van der Waals surface area contributed by atoms with Gasteiger partial charge in [-0.1, -0.05) is 0 Å². The van der Waals surface area contributed by atoms with Gasteiger partial charge in [0.15, 0.2) is 5.69 Å². The molecule has 0 spiro atoms. The van der Waals surface area contributed by atoms with Gasteiger partial charge < -0.3 is 10.2 Å². The van der Waals surface area contributed by atoms with Crippen LogP contribution in [0.5, 0.6) is 5.75 Å². The minimum Gasteiger partial charge on any atom is -0.506 e. The fraction of sp³-hybridized carbons (Fsp3) is 0.250. The van der Waals surface area contributed by atoms with Crippen LogP contribution in [0, 0.1) is 0 Å². The van der Waals surface area contributed by atoms with Crippen LogP contribution in [0.25, 0.3) is 0 Å². The van der Waals surface area contributed by atoms with Gasteiger partial charge in [0.1, 0.15) is 11.4 Å². The maximum absolute atomic E-state index is 12.3. The summed E-state index contributed by atoms with van der Waals surface area (Å²) in [5.41, 5.74) is -1.54. The van der Waals surface area contributed by atoms with Crippen molar-refractivity contribution < 1.29 is 23.8 Å². The SMILES string of the molecule is O=C(O)c1nc(C(F)F)c(O)cc1CCl. The summed E-state index contributed by atoms with van der Waals surface area (Å²) in [5.74, 6) is -2.45. The van der Waals surface area contributed by atoms with Crippen molar-refractivity contribution in [2.24, 2.45) is 0 Å². The first-order chi connectivity index (χ1) is 6.97. The lowest BCUT2D eigenvalue weighted by Crippen LogP contribution is -2.07. The Kier molecular flexibility index (Phi) is 3.41. The number of alkyl halides is 3. The molecule has 4 nitrogen and oxygen atoms in total. The molecule has 0 radical (unpaired) electrons. The number of aromatic carboxylic acids is 1. The third kappa shape index (κ3) is 2.33. The lowest BCUT2D eigenvalue weighted by molar-refractivity contribution is 0.0687. The summed E-state index contributed by atoms with van der Waals surface area (Å²) in [4.78, 5) is 13.8. The summed E-state index contributed by atoms with van der Waals surface area (Å²) >= 11 is 5.38. The average Bonchev–Trinajstić information content (AvgIpc) is 2.16. The molecule has 0 fully saturated rings. The van der Waals surface area contributed by atoms with Gasteiger partial charge in [-0.2, -0.15) is 0 Å². The number of carboxylic acid groups (broad SMARTS) is 1. The molecule has 15 heavy (non-hydrogen) atoms. The molecule has 0 bridgehead atoms. The number of carbonyl (C=O) groups is 1. The van der Waals surface area contributed by atoms with Gasteiger partial charge in [-0.15, -0.1) is 11.6 Å². The molecule has 0 aliphatic rings. The first kappa shape index (κ1) is 11.6. The second-order valence-corrected chi connectivity index (χ2v) is 2.91. The lowest BCUT2D eigenvalue weighted by atomic mass is 10.2. The molecule has 0 atom stereocenters. The Morgan fingerprint density at radius 1 is 1.60 bits per heavy atom. The molecule has 1 rings (SSSR count). The summed E-state index contributed by atoms with van der Waals surface area (Å²) < 4.78 is 24.5. The van der Waals surface area contributed by atoms with E-state index >= 15 is 0 Å². The minimum absolute atomic E-state index is 0.00827. The summed E-state index contributed by atoms with van der Waals surface area (Å²) in [6, 6.07) is 0.880. The molecule has 0 aliphatic heterocycles. The normalized spacial score (nSPS) is 10.7. The fourth-order valence-corrected chi connectivity index (χ4v) is 1.21. The van der Waals surface area contributed by atoms with Crippen molar-refractivity contribution in [1.29, 1.82) is 0 Å². The van der Waals surface area contributed by atoms with Crippen LogP contribution in [-0.2, 0) is 5.88 Å². The first-order valence-corrected chi connectivity index (χ1v) is 4.31. The number of halogens is 3. The number of rotatable bonds is 3. The molecule has 1 aromatic heterocycles. The van der Waals surface area contributed by atoms with Gasteiger partial charge in [-0.05, 0) is 6.07 Å². The quantitative estimate of drug-likeness (QED) is 0.791. The van der Waals surface area contributed by atoms with Gasteiger partial charge in [0, 0.05) is 11.4 Å². The molecule has 0 saturated heterocycles. The van der Waals surface area contributed by atoms with Crippen LogP contribution >= 0.6 is 11.6 Å². The molecule has 1 aromatic rings. The van der Waals surface area contributed by atoms with Crippen molar-refractivity contribution >= 4 is 17.6 Å². The zero-order valence-corrected chi connectivity index (χ0v) is 8.00. The van der Waals surface area contributed by atoms with Crippen LogP contribution in [0.15, 0.2) is 6.07 Å². The fourth-order valence-electron chi connectivity index (χ4n) is 1.00. The van der Waals surface area contributed by atoms with Crippen LogP contribution in [-0.4, -0.2) is 21.2 Å². The second kappa shape index (κ2) is 4.39. The number of hydrogen-bond acceptors (Lipinski definition) is 3. The zero-order valence-electron chi connectivity index (χ0n) is 7.25. The highest BCUT2D eigenvalue weighted by Gasteiger charge is 2.21. The molecule has 0 saturated carbocycles. The van der Waals surface area contributed by atoms with E-state index in [-0.39, 0.29) is 11.4 Å². The second-order valence-electron chi connectivity index (χ2n) is 2.64. The molecule has 0 unspecified atom stereocenters. The third-order valence-corrected chi connectivity index (χ3v) is 1.95. The molecule has 2 N–H and O–H groups in total. The van der Waals surface area contributed by atoms with Crippen LogP contribution in [0.3, 0.4) is 0 Å². The van der Waals surface area contributed by atoms with E-state index in [0.717, 1.165) is 6.07 Å². The van der Waals surface area contributed by atoms with Crippen LogP contribution in [0.1, 0.15) is 28.2 Å². The van der Waals surface area contributed by atoms with E-state index in [1.54, 1.807) is 0 Å². The van der Waals surface area contributed by atoms with Crippen molar-refractivity contribution in [3.05, 3.63) is 23.0 Å². The molecular weight excluding hydrogens is 232 g/mol. The summed E-state index contributed by atoms with van der Waals surface area (Å²) in [6.07, 6.45) is -3.03. The number of nitrogens with zero attached hydrogens (tertiary/aromatic N) is 1. The molecule has 7 heteroatoms. The van der Waals surface area contributed by atoms with Gasteiger partial charge >= 0.3 is 5.97 Å². The Labute approximate surface area is 88.1 Å². The van der Waals surface area contributed by atoms with Gasteiger partial charge in [-0.25, -0.2) is 18.6 Å². The standard InChI is InChI=1S/C8H6ClF2NO3/c9-2-3-1-4(13)6(7(10)11)12-5(3)8(14)15/h1,7,13H,2H2,(H,14,15). The predicted molar refractivity (Wildman–Crippen MR) is 47.4 cm³/mol. The van der Waals surface area contributed by atoms with Crippen molar-refractivity contribution in [3.63, 3.8) is 0 Å². The molecule has 1 heterocycles. The Hall–Kier alpha value is -1.43. The number of aromatic nitrogens is 1. The van der Waals surface area contributed by atoms with Crippen molar-refractivity contribution in [3.8, 4) is 5.75 Å². The Balaban J connectivity index is 3.37. The van der Waals surface area contributed by atoms with E-state index in [2.05, 4.69) is 4.98 Å². The highest BCUT2D eigenvalue weighted by Crippen LogP contribution is 2.28. The van der Waals surface area contributed by atoms with Crippen LogP contribution < -0.4 is 0 Å². The maximum Gasteiger partial charge on any atom is 0.354 e. The number of aromatic hydroxyl groups is 1. The number of carboxylic acids is 1. The van der Waals surface area contributed by atoms with Gasteiger partial charge in [0.2, 0.25) is 0 Å². The number of pyridine rings is 1. The van der Waals surface area contributed by atoms with Crippen molar-refractivity contribution in [2.75, 3.05) is 0 Å². The smallest absolute Gasteiger partial charge is 0.354 e. The van der Waals surface area contributed by atoms with E-state index in [9.17, 15) is 13.6 Å². The van der Waals surface area contributed by atoms with Gasteiger partial charge in [-0.3, -0.25) is 0 Å². The largest absolute Gasteiger partial charge is 0.506 e. The molecule has 82 valence electrons. The summed E-state index contributed by atoms with van der Waals surface area (Å²) in [6.45, 7) is 0. The Bertz CT molecular complexity index is 398. The average molecular weight is 238 g/mol. The lowest BCUT2D eigenvalue weighted by Gasteiger charge is -2.07. The zero-order chi connectivity index (χ0) is 11.6. The number of hydrogen-bond donors (Lipinski definition) is 2. The van der Waals surface area contributed by atoms with E-state index in [4.69, 9.17) is 21.8 Å². The Morgan fingerprint density at radius 2 is 2.20 bits per heavy atom. The predicted octanol–water partition coefficient (Wildman–Crippen LogP) is 2.16. The van der Waals surface area contributed by atoms with Gasteiger partial charge in [0.25, 0.3) is 6.43 Å². The summed E-state index contributed by atoms with van der Waals surface area (Å²) in [5, 5.41) is 17.8. The van der Waals surface area contributed by atoms with Crippen molar-refractivity contribution in [2.45, 2.75) is 12.3 Å². The van der Waals surface area contributed by atoms with Crippen LogP contribution in [0.2, 0.25) is 0 Å².